The molecule has 0 radical (unpaired) electrons. The fourth-order valence-corrected chi connectivity index (χ4v) is 2.96. The number of carbonyl (C=O) groups excluding carboxylic acids is 2. The van der Waals surface area contributed by atoms with Gasteiger partial charge in [-0.05, 0) is 26.0 Å². The van der Waals surface area contributed by atoms with Gasteiger partial charge >= 0.3 is 11.9 Å². The maximum absolute atomic E-state index is 12.3. The molecular formula is C22H20N2O7. The van der Waals surface area contributed by atoms with Crippen molar-refractivity contribution >= 4 is 34.1 Å². The number of phenolic OH excluding ortho intramolecular Hbond substituents is 3. The Kier molecular flexibility index (Phi) is 6.35. The lowest BCUT2D eigenvalue weighted by Crippen LogP contribution is -2.05. The number of esters is 2. The first-order valence-electron chi connectivity index (χ1n) is 9.44. The summed E-state index contributed by atoms with van der Waals surface area (Å²) in [5.74, 6) is -2.95. The van der Waals surface area contributed by atoms with E-state index in [1.807, 2.05) is 0 Å². The molecular weight excluding hydrogens is 404 g/mol. The van der Waals surface area contributed by atoms with Crippen LogP contribution in [-0.4, -0.2) is 40.5 Å². The van der Waals surface area contributed by atoms with E-state index in [0.29, 0.717) is 5.39 Å². The largest absolute Gasteiger partial charge is 0.507 e. The highest BCUT2D eigenvalue weighted by molar-refractivity contribution is 6.09. The summed E-state index contributed by atoms with van der Waals surface area (Å²) in [7, 11) is 0. The van der Waals surface area contributed by atoms with Crippen molar-refractivity contribution in [1.29, 1.82) is 0 Å². The minimum Gasteiger partial charge on any atom is -0.507 e. The fourth-order valence-electron chi connectivity index (χ4n) is 2.96. The molecule has 0 saturated heterocycles. The minimum atomic E-state index is -0.906. The molecule has 9 heteroatoms. The second kappa shape index (κ2) is 9.12. The van der Waals surface area contributed by atoms with E-state index in [0.717, 1.165) is 0 Å². The Hall–Kier alpha value is -4.14. The molecule has 0 aliphatic carbocycles. The normalized spacial score (nSPS) is 11.0. The zero-order valence-electron chi connectivity index (χ0n) is 16.8. The Labute approximate surface area is 177 Å². The Bertz CT molecular complexity index is 1190. The van der Waals surface area contributed by atoms with Gasteiger partial charge in [0.05, 0.1) is 18.9 Å². The Balaban J connectivity index is 2.09. The number of rotatable bonds is 6. The predicted molar refractivity (Wildman–Crippen MR) is 111 cm³/mol. The van der Waals surface area contributed by atoms with Crippen molar-refractivity contribution in [3.05, 3.63) is 53.6 Å². The van der Waals surface area contributed by atoms with Crippen LogP contribution < -0.4 is 0 Å². The lowest BCUT2D eigenvalue weighted by Gasteiger charge is -2.12. The topological polar surface area (TPSA) is 138 Å². The molecule has 0 saturated carbocycles. The second-order valence-corrected chi connectivity index (χ2v) is 6.31. The van der Waals surface area contributed by atoms with E-state index in [2.05, 4.69) is 10.2 Å². The number of ether oxygens (including phenoxy) is 2. The lowest BCUT2D eigenvalue weighted by atomic mass is 10.0. The van der Waals surface area contributed by atoms with E-state index in [-0.39, 0.29) is 41.3 Å². The average Bonchev–Trinajstić information content (AvgIpc) is 2.74. The summed E-state index contributed by atoms with van der Waals surface area (Å²) in [5.41, 5.74) is -0.330. The highest BCUT2D eigenvalue weighted by Crippen LogP contribution is 2.45. The number of carbonyl (C=O) groups is 2. The second-order valence-electron chi connectivity index (χ2n) is 6.31. The van der Waals surface area contributed by atoms with E-state index in [4.69, 9.17) is 9.47 Å². The molecule has 31 heavy (non-hydrogen) atoms. The van der Waals surface area contributed by atoms with Crippen LogP contribution in [0.3, 0.4) is 0 Å². The predicted octanol–water partition coefficient (Wildman–Crippen LogP) is 4.73. The molecule has 9 nitrogen and oxygen atoms in total. The lowest BCUT2D eigenvalue weighted by molar-refractivity contribution is 0.0511. The maximum Gasteiger partial charge on any atom is 0.345 e. The summed E-state index contributed by atoms with van der Waals surface area (Å²) in [6.45, 7) is 3.46. The van der Waals surface area contributed by atoms with Crippen LogP contribution in [-0.2, 0) is 9.47 Å². The monoisotopic (exact) mass is 424 g/mol. The van der Waals surface area contributed by atoms with Crippen molar-refractivity contribution in [2.75, 3.05) is 13.2 Å². The SMILES string of the molecule is CCOC(=O)c1ccc(N=Nc2c(O)c(C(=O)OCC)c(O)c3ccccc23)cc1O. The van der Waals surface area contributed by atoms with Crippen molar-refractivity contribution in [2.24, 2.45) is 10.2 Å². The third-order valence-electron chi connectivity index (χ3n) is 4.36. The number of fused-ring (bicyclic) bond motifs is 1. The molecule has 0 unspecified atom stereocenters. The van der Waals surface area contributed by atoms with Crippen molar-refractivity contribution in [1.82, 2.24) is 0 Å². The van der Waals surface area contributed by atoms with Gasteiger partial charge in [-0.15, -0.1) is 5.11 Å². The molecule has 0 atom stereocenters. The smallest absolute Gasteiger partial charge is 0.345 e. The molecule has 0 aromatic heterocycles. The number of nitrogens with zero attached hydrogens (tertiary/aromatic N) is 2. The van der Waals surface area contributed by atoms with Crippen molar-refractivity contribution in [2.45, 2.75) is 13.8 Å². The van der Waals surface area contributed by atoms with Gasteiger partial charge in [0.15, 0.2) is 5.75 Å². The highest BCUT2D eigenvalue weighted by Gasteiger charge is 2.25. The average molecular weight is 424 g/mol. The van der Waals surface area contributed by atoms with Crippen molar-refractivity contribution < 1.29 is 34.4 Å². The van der Waals surface area contributed by atoms with Crippen molar-refractivity contribution in [3.8, 4) is 17.2 Å². The number of hydrogen-bond donors (Lipinski definition) is 3. The molecule has 0 heterocycles. The first-order valence-corrected chi connectivity index (χ1v) is 9.44. The summed E-state index contributed by atoms with van der Waals surface area (Å²) in [5, 5.41) is 39.9. The molecule has 0 amide bonds. The first kappa shape index (κ1) is 21.6. The zero-order chi connectivity index (χ0) is 22.5. The summed E-state index contributed by atoms with van der Waals surface area (Å²) in [6, 6.07) is 10.5. The van der Waals surface area contributed by atoms with Crippen LogP contribution in [0.15, 0.2) is 52.7 Å². The van der Waals surface area contributed by atoms with Crippen LogP contribution in [0.2, 0.25) is 0 Å². The van der Waals surface area contributed by atoms with Gasteiger partial charge in [-0.1, -0.05) is 24.3 Å². The summed E-state index contributed by atoms with van der Waals surface area (Å²) in [4.78, 5) is 24.1. The van der Waals surface area contributed by atoms with E-state index in [1.165, 1.54) is 18.2 Å². The molecule has 3 N–H and O–H groups in total. The number of benzene rings is 3. The Morgan fingerprint density at radius 3 is 2.13 bits per heavy atom. The van der Waals surface area contributed by atoms with Gasteiger partial charge < -0.3 is 24.8 Å². The van der Waals surface area contributed by atoms with Gasteiger partial charge in [-0.3, -0.25) is 0 Å². The number of azo groups is 1. The minimum absolute atomic E-state index is 0.0247. The van der Waals surface area contributed by atoms with Crippen LogP contribution in [0.4, 0.5) is 11.4 Å². The van der Waals surface area contributed by atoms with Crippen LogP contribution in [0.25, 0.3) is 10.8 Å². The summed E-state index contributed by atoms with van der Waals surface area (Å²) < 4.78 is 9.77. The standard InChI is InChI=1S/C22H20N2O7/c1-3-30-21(28)15-10-9-12(11-16(15)25)23-24-18-13-7-5-6-8-14(13)19(26)17(20(18)27)22(29)31-4-2/h5-11,25-27H,3-4H2,1-2H3. The molecule has 0 bridgehead atoms. The fraction of sp³-hybridized carbons (Fsp3) is 0.182. The van der Waals surface area contributed by atoms with E-state index in [9.17, 15) is 24.9 Å². The van der Waals surface area contributed by atoms with Crippen LogP contribution >= 0.6 is 0 Å². The number of aromatic hydroxyl groups is 3. The molecule has 0 aliphatic rings. The highest BCUT2D eigenvalue weighted by atomic mass is 16.5. The van der Waals surface area contributed by atoms with Gasteiger partial charge in [-0.2, -0.15) is 5.11 Å². The molecule has 0 spiro atoms. The number of phenols is 3. The molecule has 3 aromatic carbocycles. The summed E-state index contributed by atoms with van der Waals surface area (Å²) >= 11 is 0. The molecule has 3 rings (SSSR count). The van der Waals surface area contributed by atoms with E-state index < -0.39 is 29.0 Å². The maximum atomic E-state index is 12.3. The van der Waals surface area contributed by atoms with Gasteiger partial charge in [0.2, 0.25) is 0 Å². The Morgan fingerprint density at radius 2 is 1.48 bits per heavy atom. The first-order chi connectivity index (χ1) is 14.9. The Morgan fingerprint density at radius 1 is 0.839 bits per heavy atom. The summed E-state index contributed by atoms with van der Waals surface area (Å²) in [6.07, 6.45) is 0. The van der Waals surface area contributed by atoms with Gasteiger partial charge in [0.1, 0.15) is 28.3 Å². The zero-order valence-corrected chi connectivity index (χ0v) is 16.8. The van der Waals surface area contributed by atoms with E-state index in [1.54, 1.807) is 38.1 Å². The third-order valence-corrected chi connectivity index (χ3v) is 4.36. The van der Waals surface area contributed by atoms with Crippen LogP contribution in [0, 0.1) is 0 Å². The van der Waals surface area contributed by atoms with Gasteiger partial charge in [0, 0.05) is 16.8 Å². The quantitative estimate of drug-likeness (QED) is 0.384. The number of hydrogen-bond acceptors (Lipinski definition) is 9. The third kappa shape index (κ3) is 4.25. The van der Waals surface area contributed by atoms with Gasteiger partial charge in [0.25, 0.3) is 0 Å². The molecule has 0 aliphatic heterocycles. The van der Waals surface area contributed by atoms with Gasteiger partial charge in [-0.25, -0.2) is 9.59 Å². The molecule has 0 fully saturated rings. The van der Waals surface area contributed by atoms with Crippen molar-refractivity contribution in [3.63, 3.8) is 0 Å². The van der Waals surface area contributed by atoms with Crippen LogP contribution in [0.5, 0.6) is 17.2 Å². The molecule has 160 valence electrons. The molecule has 3 aromatic rings. The van der Waals surface area contributed by atoms with Crippen LogP contribution in [0.1, 0.15) is 34.6 Å². The van der Waals surface area contributed by atoms with E-state index >= 15 is 0 Å².